The minimum absolute atomic E-state index is 0.113. The van der Waals surface area contributed by atoms with Gasteiger partial charge in [0.15, 0.2) is 10.7 Å². The fraction of sp³-hybridized carbons (Fsp3) is 0.214. The van der Waals surface area contributed by atoms with Crippen LogP contribution in [0.15, 0.2) is 29.6 Å². The van der Waals surface area contributed by atoms with Crippen LogP contribution in [0.2, 0.25) is 0 Å². The Balaban J connectivity index is 2.09. The van der Waals surface area contributed by atoms with Crippen molar-refractivity contribution in [2.45, 2.75) is 6.54 Å². The Kier molecular flexibility index (Phi) is 4.54. The van der Waals surface area contributed by atoms with E-state index in [1.807, 2.05) is 24.3 Å². The van der Waals surface area contributed by atoms with Crippen molar-refractivity contribution >= 4 is 23.2 Å². The Labute approximate surface area is 125 Å². The molecule has 2 aromatic rings. The number of hydrogen-bond donors (Lipinski definition) is 1. The number of hydrogen-bond acceptors (Lipinski definition) is 5. The lowest BCUT2D eigenvalue weighted by atomic mass is 10.2. The quantitative estimate of drug-likeness (QED) is 0.915. The van der Waals surface area contributed by atoms with Crippen molar-refractivity contribution in [3.8, 4) is 5.75 Å². The number of ether oxygens (including phenoxy) is 1. The van der Waals surface area contributed by atoms with E-state index in [0.29, 0.717) is 6.54 Å². The van der Waals surface area contributed by atoms with E-state index in [-0.39, 0.29) is 16.6 Å². The average Bonchev–Trinajstić information content (AvgIpc) is 2.96. The van der Waals surface area contributed by atoms with Crippen LogP contribution in [0.5, 0.6) is 5.75 Å². The molecule has 0 saturated carbocycles. The molecule has 1 aromatic carbocycles. The molecule has 1 heterocycles. The predicted octanol–water partition coefficient (Wildman–Crippen LogP) is 2.12. The van der Waals surface area contributed by atoms with Crippen LogP contribution < -0.4 is 4.74 Å². The van der Waals surface area contributed by atoms with Gasteiger partial charge in [0.1, 0.15) is 5.75 Å². The van der Waals surface area contributed by atoms with E-state index in [4.69, 9.17) is 9.84 Å². The first kappa shape index (κ1) is 15.0. The topological polar surface area (TPSA) is 79.7 Å². The fourth-order valence-electron chi connectivity index (χ4n) is 1.75. The Morgan fingerprint density at radius 2 is 2.19 bits per heavy atom. The number of thiazole rings is 1. The van der Waals surface area contributed by atoms with E-state index in [1.54, 1.807) is 14.2 Å². The zero-order valence-electron chi connectivity index (χ0n) is 11.6. The monoisotopic (exact) mass is 306 g/mol. The van der Waals surface area contributed by atoms with Crippen molar-refractivity contribution in [3.05, 3.63) is 45.9 Å². The third-order valence-electron chi connectivity index (χ3n) is 2.81. The van der Waals surface area contributed by atoms with Crippen LogP contribution in [0.1, 0.15) is 25.9 Å². The van der Waals surface area contributed by atoms with Gasteiger partial charge < -0.3 is 14.7 Å². The van der Waals surface area contributed by atoms with E-state index in [2.05, 4.69) is 4.98 Å². The first-order valence-electron chi connectivity index (χ1n) is 6.08. The second kappa shape index (κ2) is 6.36. The van der Waals surface area contributed by atoms with Crippen molar-refractivity contribution in [1.82, 2.24) is 9.88 Å². The van der Waals surface area contributed by atoms with Crippen LogP contribution in [-0.4, -0.2) is 41.0 Å². The molecule has 2 rings (SSSR count). The number of methoxy groups -OCH3 is 1. The molecule has 0 radical (unpaired) electrons. The van der Waals surface area contributed by atoms with E-state index >= 15 is 0 Å². The number of amides is 1. The first-order valence-corrected chi connectivity index (χ1v) is 6.96. The Morgan fingerprint density at radius 3 is 2.81 bits per heavy atom. The maximum absolute atomic E-state index is 12.2. The Hall–Kier alpha value is -2.41. The second-order valence-corrected chi connectivity index (χ2v) is 5.21. The number of benzene rings is 1. The van der Waals surface area contributed by atoms with Gasteiger partial charge in [-0.25, -0.2) is 9.78 Å². The summed E-state index contributed by atoms with van der Waals surface area (Å²) in [6.07, 6.45) is 0. The molecule has 6 nitrogen and oxygen atoms in total. The molecule has 0 aliphatic heterocycles. The van der Waals surface area contributed by atoms with Crippen LogP contribution in [0.3, 0.4) is 0 Å². The molecule has 1 aromatic heterocycles. The van der Waals surface area contributed by atoms with E-state index < -0.39 is 5.97 Å². The summed E-state index contributed by atoms with van der Waals surface area (Å²) in [4.78, 5) is 28.3. The molecule has 110 valence electrons. The van der Waals surface area contributed by atoms with E-state index in [0.717, 1.165) is 22.6 Å². The first-order chi connectivity index (χ1) is 10.0. The number of rotatable bonds is 5. The summed E-state index contributed by atoms with van der Waals surface area (Å²) in [6, 6.07) is 7.40. The van der Waals surface area contributed by atoms with Crippen LogP contribution in [0.25, 0.3) is 0 Å². The molecule has 0 bridgehead atoms. The average molecular weight is 306 g/mol. The van der Waals surface area contributed by atoms with Gasteiger partial charge in [0.25, 0.3) is 5.91 Å². The van der Waals surface area contributed by atoms with Crippen molar-refractivity contribution in [1.29, 1.82) is 0 Å². The summed E-state index contributed by atoms with van der Waals surface area (Å²) in [5, 5.41) is 10.3. The van der Waals surface area contributed by atoms with Gasteiger partial charge in [-0.3, -0.25) is 4.79 Å². The van der Waals surface area contributed by atoms with Gasteiger partial charge in [-0.2, -0.15) is 0 Å². The lowest BCUT2D eigenvalue weighted by Gasteiger charge is -2.16. The number of carboxylic acid groups (broad SMARTS) is 1. The van der Waals surface area contributed by atoms with Crippen molar-refractivity contribution in [2.24, 2.45) is 0 Å². The van der Waals surface area contributed by atoms with E-state index in [1.165, 1.54) is 10.3 Å². The number of aromatic carboxylic acids is 1. The molecule has 1 amide bonds. The standard InChI is InChI=1S/C14H14N2O4S/c1-16(7-9-4-3-5-10(6-9)20-2)13(17)12-15-11(8-21-12)14(18)19/h3-6,8H,7H2,1-2H3,(H,18,19). The molecule has 0 saturated heterocycles. The summed E-state index contributed by atoms with van der Waals surface area (Å²) in [5.41, 5.74) is 0.804. The summed E-state index contributed by atoms with van der Waals surface area (Å²) in [5.74, 6) is -0.730. The van der Waals surface area contributed by atoms with Gasteiger partial charge in [0.05, 0.1) is 7.11 Å². The van der Waals surface area contributed by atoms with Crippen molar-refractivity contribution in [2.75, 3.05) is 14.2 Å². The summed E-state index contributed by atoms with van der Waals surface area (Å²) in [6.45, 7) is 0.387. The van der Waals surface area contributed by atoms with Crippen LogP contribution in [0.4, 0.5) is 0 Å². The minimum atomic E-state index is -1.14. The van der Waals surface area contributed by atoms with Crippen LogP contribution >= 0.6 is 11.3 Å². The molecule has 0 aliphatic rings. The third-order valence-corrected chi connectivity index (χ3v) is 3.64. The summed E-state index contributed by atoms with van der Waals surface area (Å²) < 4.78 is 5.13. The molecule has 21 heavy (non-hydrogen) atoms. The maximum Gasteiger partial charge on any atom is 0.355 e. The van der Waals surface area contributed by atoms with Gasteiger partial charge in [-0.05, 0) is 17.7 Å². The normalized spacial score (nSPS) is 10.2. The lowest BCUT2D eigenvalue weighted by Crippen LogP contribution is -2.26. The number of carbonyl (C=O) groups is 2. The molecular weight excluding hydrogens is 292 g/mol. The molecule has 1 N–H and O–H groups in total. The molecule has 0 unspecified atom stereocenters. The highest BCUT2D eigenvalue weighted by atomic mass is 32.1. The molecule has 0 spiro atoms. The molecule has 0 atom stereocenters. The number of carbonyl (C=O) groups excluding carboxylic acids is 1. The van der Waals surface area contributed by atoms with Gasteiger partial charge in [-0.1, -0.05) is 12.1 Å². The second-order valence-electron chi connectivity index (χ2n) is 4.36. The smallest absolute Gasteiger partial charge is 0.355 e. The SMILES string of the molecule is COc1cccc(CN(C)C(=O)c2nc(C(=O)O)cs2)c1. The summed E-state index contributed by atoms with van der Waals surface area (Å²) >= 11 is 1.02. The number of aromatic nitrogens is 1. The predicted molar refractivity (Wildman–Crippen MR) is 77.9 cm³/mol. The van der Waals surface area contributed by atoms with Crippen molar-refractivity contribution in [3.63, 3.8) is 0 Å². The van der Waals surface area contributed by atoms with Gasteiger partial charge in [0, 0.05) is 19.0 Å². The molecule has 0 aliphatic carbocycles. The van der Waals surface area contributed by atoms with E-state index in [9.17, 15) is 9.59 Å². The highest BCUT2D eigenvalue weighted by Gasteiger charge is 2.18. The molecule has 0 fully saturated rings. The number of carboxylic acids is 1. The van der Waals surface area contributed by atoms with Crippen LogP contribution in [0, 0.1) is 0 Å². The largest absolute Gasteiger partial charge is 0.497 e. The summed E-state index contributed by atoms with van der Waals surface area (Å²) in [7, 11) is 3.22. The Bertz CT molecular complexity index is 668. The third kappa shape index (κ3) is 3.57. The van der Waals surface area contributed by atoms with Gasteiger partial charge in [0.2, 0.25) is 0 Å². The molecular formula is C14H14N2O4S. The van der Waals surface area contributed by atoms with Crippen molar-refractivity contribution < 1.29 is 19.4 Å². The zero-order chi connectivity index (χ0) is 15.4. The van der Waals surface area contributed by atoms with Crippen LogP contribution in [-0.2, 0) is 6.54 Å². The van der Waals surface area contributed by atoms with Gasteiger partial charge in [-0.15, -0.1) is 11.3 Å². The minimum Gasteiger partial charge on any atom is -0.497 e. The Morgan fingerprint density at radius 1 is 1.43 bits per heavy atom. The fourth-order valence-corrected chi connectivity index (χ4v) is 2.53. The lowest BCUT2D eigenvalue weighted by molar-refractivity contribution is 0.0691. The highest BCUT2D eigenvalue weighted by Crippen LogP contribution is 2.16. The number of nitrogens with zero attached hydrogens (tertiary/aromatic N) is 2. The van der Waals surface area contributed by atoms with Gasteiger partial charge >= 0.3 is 5.97 Å². The highest BCUT2D eigenvalue weighted by molar-refractivity contribution is 7.11. The maximum atomic E-state index is 12.2. The zero-order valence-corrected chi connectivity index (χ0v) is 12.4. The molecule has 7 heteroatoms.